The molecule has 1 aliphatic rings. The van der Waals surface area contributed by atoms with Gasteiger partial charge in [0.05, 0.1) is 17.1 Å². The first-order chi connectivity index (χ1) is 19.6. The van der Waals surface area contributed by atoms with E-state index >= 15 is 0 Å². The summed E-state index contributed by atoms with van der Waals surface area (Å²) in [6, 6.07) is 20.0. The average Bonchev–Trinajstić information content (AvgIpc) is 2.99. The van der Waals surface area contributed by atoms with E-state index in [9.17, 15) is 27.6 Å². The summed E-state index contributed by atoms with van der Waals surface area (Å²) in [4.78, 5) is 49.9. The molecule has 11 nitrogen and oxygen atoms in total. The highest BCUT2D eigenvalue weighted by atomic mass is 32.2. The monoisotopic (exact) mass is 578 g/mol. The van der Waals surface area contributed by atoms with Crippen LogP contribution in [0.5, 0.6) is 0 Å². The molecule has 3 aromatic rings. The molecular weight excluding hydrogens is 548 g/mol. The molecule has 1 aliphatic heterocycles. The summed E-state index contributed by atoms with van der Waals surface area (Å²) >= 11 is 0. The number of benzene rings is 3. The lowest BCUT2D eigenvalue weighted by atomic mass is 9.97. The van der Waals surface area contributed by atoms with E-state index in [4.69, 9.17) is 5.11 Å². The number of nitrogens with zero attached hydrogens (tertiary/aromatic N) is 1. The molecule has 1 saturated heterocycles. The van der Waals surface area contributed by atoms with Gasteiger partial charge in [0.25, 0.3) is 15.9 Å². The second kappa shape index (κ2) is 13.1. The lowest BCUT2D eigenvalue weighted by Crippen LogP contribution is -2.43. The van der Waals surface area contributed by atoms with E-state index in [0.717, 1.165) is 0 Å². The number of hydrogen-bond donors (Lipinski definition) is 4. The SMILES string of the molecule is O=C(CNC(=O)c1ccc(S(=O)(=O)Nc2ccccc2C(=O)c2ccccc2)cc1)NCC1CCN(C(=O)O)CC1. The number of sulfonamides is 1. The number of para-hydroxylation sites is 1. The van der Waals surface area contributed by atoms with E-state index in [1.807, 2.05) is 0 Å². The fraction of sp³-hybridized carbons (Fsp3) is 0.241. The summed E-state index contributed by atoms with van der Waals surface area (Å²) in [5, 5.41) is 14.3. The van der Waals surface area contributed by atoms with Gasteiger partial charge in [-0.1, -0.05) is 42.5 Å². The maximum Gasteiger partial charge on any atom is 0.407 e. The van der Waals surface area contributed by atoms with Crippen molar-refractivity contribution in [1.29, 1.82) is 0 Å². The van der Waals surface area contributed by atoms with Crippen LogP contribution >= 0.6 is 0 Å². The molecule has 0 aromatic heterocycles. The predicted molar refractivity (Wildman–Crippen MR) is 151 cm³/mol. The third-order valence-electron chi connectivity index (χ3n) is 6.76. The summed E-state index contributed by atoms with van der Waals surface area (Å²) in [5.74, 6) is -1.10. The van der Waals surface area contributed by atoms with Gasteiger partial charge in [0.1, 0.15) is 0 Å². The molecule has 0 aliphatic carbocycles. The minimum Gasteiger partial charge on any atom is -0.465 e. The predicted octanol–water partition coefficient (Wildman–Crippen LogP) is 2.95. The van der Waals surface area contributed by atoms with Crippen molar-refractivity contribution in [2.24, 2.45) is 5.92 Å². The third kappa shape index (κ3) is 7.70. The molecular formula is C29H30N4O7S. The van der Waals surface area contributed by atoms with Gasteiger partial charge < -0.3 is 20.6 Å². The zero-order chi connectivity index (χ0) is 29.4. The zero-order valence-corrected chi connectivity index (χ0v) is 22.9. The molecule has 214 valence electrons. The van der Waals surface area contributed by atoms with E-state index in [0.29, 0.717) is 38.0 Å². The maximum absolute atomic E-state index is 13.1. The molecule has 0 bridgehead atoms. The maximum atomic E-state index is 13.1. The Morgan fingerprint density at radius 3 is 2.10 bits per heavy atom. The number of carboxylic acid groups (broad SMARTS) is 1. The van der Waals surface area contributed by atoms with Gasteiger partial charge in [-0.3, -0.25) is 19.1 Å². The van der Waals surface area contributed by atoms with Crippen molar-refractivity contribution in [2.75, 3.05) is 30.9 Å². The highest BCUT2D eigenvalue weighted by Gasteiger charge is 2.23. The van der Waals surface area contributed by atoms with Crippen LogP contribution in [-0.4, -0.2) is 68.3 Å². The Balaban J connectivity index is 1.30. The van der Waals surface area contributed by atoms with E-state index in [1.54, 1.807) is 48.5 Å². The average molecular weight is 579 g/mol. The number of carbonyl (C=O) groups is 4. The first-order valence-corrected chi connectivity index (χ1v) is 14.5. The highest BCUT2D eigenvalue weighted by molar-refractivity contribution is 7.92. The Bertz CT molecular complexity index is 1520. The number of piperidine rings is 1. The standard InChI is InChI=1S/C29H30N4O7S/c34-26(30-18-20-14-16-33(17-15-20)29(37)38)19-31-28(36)22-10-12-23(13-11-22)41(39,40)32-25-9-5-4-8-24(25)27(35)21-6-2-1-3-7-21/h1-13,20,32H,14-19H2,(H,30,34)(H,31,36)(H,37,38). The van der Waals surface area contributed by atoms with Gasteiger partial charge >= 0.3 is 6.09 Å². The molecule has 0 saturated carbocycles. The number of likely N-dealkylation sites (tertiary alicyclic amines) is 1. The lowest BCUT2D eigenvalue weighted by Gasteiger charge is -2.29. The van der Waals surface area contributed by atoms with Gasteiger partial charge in [-0.2, -0.15) is 0 Å². The van der Waals surface area contributed by atoms with Crippen molar-refractivity contribution in [3.63, 3.8) is 0 Å². The Morgan fingerprint density at radius 2 is 1.44 bits per heavy atom. The van der Waals surface area contributed by atoms with Crippen molar-refractivity contribution in [3.05, 3.63) is 95.6 Å². The summed E-state index contributed by atoms with van der Waals surface area (Å²) < 4.78 is 28.6. The van der Waals surface area contributed by atoms with Crippen LogP contribution in [0.15, 0.2) is 83.8 Å². The van der Waals surface area contributed by atoms with E-state index in [-0.39, 0.29) is 45.9 Å². The Kier molecular flexibility index (Phi) is 9.35. The topological polar surface area (TPSA) is 162 Å². The van der Waals surface area contributed by atoms with Crippen molar-refractivity contribution in [2.45, 2.75) is 17.7 Å². The quantitative estimate of drug-likeness (QED) is 0.269. The fourth-order valence-electron chi connectivity index (χ4n) is 4.42. The summed E-state index contributed by atoms with van der Waals surface area (Å²) in [7, 11) is -4.08. The Hall–Kier alpha value is -4.71. The second-order valence-corrected chi connectivity index (χ2v) is 11.3. The van der Waals surface area contributed by atoms with Gasteiger partial charge in [0.2, 0.25) is 5.91 Å². The number of carbonyl (C=O) groups excluding carboxylic acids is 3. The lowest BCUT2D eigenvalue weighted by molar-refractivity contribution is -0.120. The third-order valence-corrected chi connectivity index (χ3v) is 8.14. The zero-order valence-electron chi connectivity index (χ0n) is 22.1. The molecule has 0 unspecified atom stereocenters. The van der Waals surface area contributed by atoms with Crippen LogP contribution in [0.1, 0.15) is 39.1 Å². The minimum atomic E-state index is -4.08. The van der Waals surface area contributed by atoms with E-state index in [2.05, 4.69) is 15.4 Å². The number of hydrogen-bond acceptors (Lipinski definition) is 6. The van der Waals surface area contributed by atoms with Crippen molar-refractivity contribution < 1.29 is 32.7 Å². The molecule has 1 heterocycles. The van der Waals surface area contributed by atoms with Gasteiger partial charge in [0.15, 0.2) is 5.78 Å². The summed E-state index contributed by atoms with van der Waals surface area (Å²) in [6.07, 6.45) is 0.355. The van der Waals surface area contributed by atoms with Crippen LogP contribution in [0.3, 0.4) is 0 Å². The van der Waals surface area contributed by atoms with Gasteiger partial charge in [-0.05, 0) is 55.2 Å². The van der Waals surface area contributed by atoms with Crippen LogP contribution in [-0.2, 0) is 14.8 Å². The number of amides is 3. The fourth-order valence-corrected chi connectivity index (χ4v) is 5.50. The Morgan fingerprint density at radius 1 is 0.805 bits per heavy atom. The molecule has 41 heavy (non-hydrogen) atoms. The number of rotatable bonds is 10. The number of anilines is 1. The van der Waals surface area contributed by atoms with Gasteiger partial charge in [-0.25, -0.2) is 13.2 Å². The van der Waals surface area contributed by atoms with E-state index < -0.39 is 22.0 Å². The smallest absolute Gasteiger partial charge is 0.407 e. The van der Waals surface area contributed by atoms with Crippen LogP contribution in [0, 0.1) is 5.92 Å². The molecule has 0 atom stereocenters. The molecule has 12 heteroatoms. The van der Waals surface area contributed by atoms with Crippen LogP contribution < -0.4 is 15.4 Å². The highest BCUT2D eigenvalue weighted by Crippen LogP contribution is 2.23. The van der Waals surface area contributed by atoms with Crippen molar-refractivity contribution in [3.8, 4) is 0 Å². The normalized spacial score (nSPS) is 13.7. The molecule has 0 spiro atoms. The number of ketones is 1. The number of nitrogens with one attached hydrogen (secondary N) is 3. The summed E-state index contributed by atoms with van der Waals surface area (Å²) in [5.41, 5.74) is 0.908. The Labute approximate surface area is 237 Å². The first kappa shape index (κ1) is 29.3. The second-order valence-electron chi connectivity index (χ2n) is 9.57. The van der Waals surface area contributed by atoms with Crippen LogP contribution in [0.2, 0.25) is 0 Å². The molecule has 3 amide bonds. The van der Waals surface area contributed by atoms with Gasteiger partial charge in [-0.15, -0.1) is 0 Å². The molecule has 4 rings (SSSR count). The van der Waals surface area contributed by atoms with Crippen molar-refractivity contribution >= 4 is 39.4 Å². The van der Waals surface area contributed by atoms with E-state index in [1.165, 1.54) is 35.2 Å². The molecule has 4 N–H and O–H groups in total. The largest absolute Gasteiger partial charge is 0.465 e. The molecule has 3 aromatic carbocycles. The first-order valence-electron chi connectivity index (χ1n) is 13.0. The van der Waals surface area contributed by atoms with Crippen LogP contribution in [0.4, 0.5) is 10.5 Å². The molecule has 0 radical (unpaired) electrons. The van der Waals surface area contributed by atoms with Crippen LogP contribution in [0.25, 0.3) is 0 Å². The van der Waals surface area contributed by atoms with Crippen molar-refractivity contribution in [1.82, 2.24) is 15.5 Å². The molecule has 1 fully saturated rings. The summed E-state index contributed by atoms with van der Waals surface area (Å²) in [6.45, 7) is 0.973. The van der Waals surface area contributed by atoms with Gasteiger partial charge in [0, 0.05) is 36.3 Å². The minimum absolute atomic E-state index is 0.109.